The van der Waals surface area contributed by atoms with E-state index < -0.39 is 29.6 Å². The van der Waals surface area contributed by atoms with Crippen LogP contribution in [0, 0.1) is 18.6 Å². The Balaban J connectivity index is 1.97. The highest BCUT2D eigenvalue weighted by molar-refractivity contribution is 5.97. The van der Waals surface area contributed by atoms with Crippen LogP contribution in [0.5, 0.6) is 0 Å². The topological polar surface area (TPSA) is 68.3 Å². The molecule has 23 heavy (non-hydrogen) atoms. The van der Waals surface area contributed by atoms with Crippen molar-refractivity contribution in [3.63, 3.8) is 0 Å². The Hall–Kier alpha value is -2.83. The molecule has 1 unspecified atom stereocenters. The molecule has 0 saturated heterocycles. The number of rotatable bonds is 4. The molecule has 0 spiro atoms. The zero-order valence-corrected chi connectivity index (χ0v) is 12.5. The van der Waals surface area contributed by atoms with Crippen molar-refractivity contribution in [2.45, 2.75) is 20.0 Å². The van der Waals surface area contributed by atoms with Gasteiger partial charge in [-0.15, -0.1) is 0 Å². The summed E-state index contributed by atoms with van der Waals surface area (Å²) >= 11 is 0. The molecule has 1 heterocycles. The minimum Gasteiger partial charge on any atom is -0.449 e. The van der Waals surface area contributed by atoms with Gasteiger partial charge in [0.15, 0.2) is 17.7 Å². The van der Waals surface area contributed by atoms with Crippen LogP contribution < -0.4 is 5.32 Å². The van der Waals surface area contributed by atoms with Crippen LogP contribution in [0.15, 0.2) is 36.5 Å². The zero-order valence-electron chi connectivity index (χ0n) is 12.5. The van der Waals surface area contributed by atoms with Crippen molar-refractivity contribution in [3.05, 3.63) is 59.4 Å². The molecule has 0 bridgehead atoms. The summed E-state index contributed by atoms with van der Waals surface area (Å²) in [5.74, 6) is -3.47. The number of aromatic nitrogens is 1. The van der Waals surface area contributed by atoms with Gasteiger partial charge in [-0.1, -0.05) is 0 Å². The molecular formula is C16H14F2N2O3. The van der Waals surface area contributed by atoms with E-state index in [-0.39, 0.29) is 11.3 Å². The van der Waals surface area contributed by atoms with Gasteiger partial charge >= 0.3 is 5.97 Å². The number of nitrogens with one attached hydrogen (secondary N) is 1. The van der Waals surface area contributed by atoms with E-state index in [9.17, 15) is 18.4 Å². The molecule has 2 rings (SSSR count). The Kier molecular flexibility index (Phi) is 5.00. The molecule has 120 valence electrons. The SMILES string of the molecule is Cc1ccc(C(=O)OC(C)C(=O)Nc2ccc(F)c(F)c2)cn1. The van der Waals surface area contributed by atoms with Gasteiger partial charge in [-0.25, -0.2) is 13.6 Å². The van der Waals surface area contributed by atoms with Crippen LogP contribution in [0.25, 0.3) is 0 Å². The lowest BCUT2D eigenvalue weighted by Crippen LogP contribution is -2.30. The Morgan fingerprint density at radius 2 is 1.91 bits per heavy atom. The highest BCUT2D eigenvalue weighted by Gasteiger charge is 2.19. The summed E-state index contributed by atoms with van der Waals surface area (Å²) in [6.45, 7) is 3.14. The number of anilines is 1. The third-order valence-corrected chi connectivity index (χ3v) is 2.99. The summed E-state index contributed by atoms with van der Waals surface area (Å²) in [6, 6.07) is 6.10. The summed E-state index contributed by atoms with van der Waals surface area (Å²) in [5, 5.41) is 2.34. The second kappa shape index (κ2) is 6.95. The predicted molar refractivity (Wildman–Crippen MR) is 78.8 cm³/mol. The minimum atomic E-state index is -1.11. The summed E-state index contributed by atoms with van der Waals surface area (Å²) in [5.41, 5.74) is 1.02. The molecule has 5 nitrogen and oxygen atoms in total. The monoisotopic (exact) mass is 320 g/mol. The van der Waals surface area contributed by atoms with Crippen LogP contribution in [-0.4, -0.2) is 23.0 Å². The molecule has 7 heteroatoms. The number of amides is 1. The quantitative estimate of drug-likeness (QED) is 0.880. The highest BCUT2D eigenvalue weighted by atomic mass is 19.2. The third kappa shape index (κ3) is 4.32. The van der Waals surface area contributed by atoms with Crippen LogP contribution in [-0.2, 0) is 9.53 Å². The van der Waals surface area contributed by atoms with Crippen LogP contribution in [0.3, 0.4) is 0 Å². The fourth-order valence-corrected chi connectivity index (χ4v) is 1.69. The van der Waals surface area contributed by atoms with E-state index in [2.05, 4.69) is 10.3 Å². The average molecular weight is 320 g/mol. The lowest BCUT2D eigenvalue weighted by molar-refractivity contribution is -0.123. The molecule has 0 saturated carbocycles. The molecule has 0 aliphatic heterocycles. The lowest BCUT2D eigenvalue weighted by Gasteiger charge is -2.13. The third-order valence-electron chi connectivity index (χ3n) is 2.99. The first-order valence-corrected chi connectivity index (χ1v) is 6.76. The molecule has 1 aromatic carbocycles. The van der Waals surface area contributed by atoms with Crippen molar-refractivity contribution in [1.82, 2.24) is 4.98 Å². The number of hydrogen-bond acceptors (Lipinski definition) is 4. The Labute approximate surface area is 131 Å². The lowest BCUT2D eigenvalue weighted by atomic mass is 10.2. The number of nitrogens with zero attached hydrogens (tertiary/aromatic N) is 1. The molecule has 0 aliphatic rings. The smallest absolute Gasteiger partial charge is 0.340 e. The number of carbonyl (C=O) groups is 2. The number of pyridine rings is 1. The van der Waals surface area contributed by atoms with Crippen LogP contribution in [0.2, 0.25) is 0 Å². The van der Waals surface area contributed by atoms with Gasteiger partial charge in [0.2, 0.25) is 0 Å². The van der Waals surface area contributed by atoms with Crippen molar-refractivity contribution < 1.29 is 23.1 Å². The number of halogens is 2. The van der Waals surface area contributed by atoms with E-state index in [1.165, 1.54) is 25.3 Å². The molecule has 1 aromatic heterocycles. The maximum atomic E-state index is 13.1. The molecule has 0 radical (unpaired) electrons. The molecule has 0 fully saturated rings. The predicted octanol–water partition coefficient (Wildman–Crippen LogP) is 2.85. The summed E-state index contributed by atoms with van der Waals surface area (Å²) in [7, 11) is 0. The number of esters is 1. The number of hydrogen-bond donors (Lipinski definition) is 1. The molecular weight excluding hydrogens is 306 g/mol. The van der Waals surface area contributed by atoms with E-state index >= 15 is 0 Å². The first-order valence-electron chi connectivity index (χ1n) is 6.76. The van der Waals surface area contributed by atoms with E-state index in [0.717, 1.165) is 17.8 Å². The Morgan fingerprint density at radius 1 is 1.17 bits per heavy atom. The number of benzene rings is 1. The van der Waals surface area contributed by atoms with Gasteiger partial charge < -0.3 is 10.1 Å². The molecule has 1 amide bonds. The number of aryl methyl sites for hydroxylation is 1. The minimum absolute atomic E-state index is 0.0637. The van der Waals surface area contributed by atoms with Gasteiger partial charge in [-0.05, 0) is 38.1 Å². The van der Waals surface area contributed by atoms with Crippen molar-refractivity contribution in [2.75, 3.05) is 5.32 Å². The average Bonchev–Trinajstić information content (AvgIpc) is 2.51. The number of ether oxygens (including phenoxy) is 1. The van der Waals surface area contributed by atoms with Gasteiger partial charge in [-0.2, -0.15) is 0 Å². The van der Waals surface area contributed by atoms with Crippen LogP contribution in [0.1, 0.15) is 23.0 Å². The molecule has 1 N–H and O–H groups in total. The van der Waals surface area contributed by atoms with Crippen molar-refractivity contribution in [2.24, 2.45) is 0 Å². The number of carbonyl (C=O) groups excluding carboxylic acids is 2. The fourth-order valence-electron chi connectivity index (χ4n) is 1.69. The molecule has 1 atom stereocenters. The van der Waals surface area contributed by atoms with Gasteiger partial charge in [0.1, 0.15) is 0 Å². The molecule has 2 aromatic rings. The van der Waals surface area contributed by atoms with Crippen molar-refractivity contribution in [3.8, 4) is 0 Å². The highest BCUT2D eigenvalue weighted by Crippen LogP contribution is 2.14. The van der Waals surface area contributed by atoms with E-state index in [4.69, 9.17) is 4.74 Å². The standard InChI is InChI=1S/C16H14F2N2O3/c1-9-3-4-11(8-19-9)16(22)23-10(2)15(21)20-12-5-6-13(17)14(18)7-12/h3-8,10H,1-2H3,(H,20,21). The largest absolute Gasteiger partial charge is 0.449 e. The summed E-state index contributed by atoms with van der Waals surface area (Å²) < 4.78 is 30.9. The van der Waals surface area contributed by atoms with Gasteiger partial charge in [0.25, 0.3) is 5.91 Å². The Morgan fingerprint density at radius 3 is 2.52 bits per heavy atom. The Bertz CT molecular complexity index is 733. The zero-order chi connectivity index (χ0) is 17.0. The summed E-state index contributed by atoms with van der Waals surface area (Å²) in [4.78, 5) is 27.7. The first-order chi connectivity index (χ1) is 10.9. The normalized spacial score (nSPS) is 11.7. The second-order valence-corrected chi connectivity index (χ2v) is 4.85. The van der Waals surface area contributed by atoms with Gasteiger partial charge in [0, 0.05) is 23.6 Å². The fraction of sp³-hybridized carbons (Fsp3) is 0.188. The van der Waals surface area contributed by atoms with Crippen LogP contribution in [0.4, 0.5) is 14.5 Å². The van der Waals surface area contributed by atoms with Gasteiger partial charge in [0.05, 0.1) is 5.56 Å². The van der Waals surface area contributed by atoms with Gasteiger partial charge in [-0.3, -0.25) is 9.78 Å². The maximum absolute atomic E-state index is 13.1. The van der Waals surface area contributed by atoms with E-state index in [1.54, 1.807) is 13.0 Å². The van der Waals surface area contributed by atoms with Crippen molar-refractivity contribution in [1.29, 1.82) is 0 Å². The van der Waals surface area contributed by atoms with Crippen LogP contribution >= 0.6 is 0 Å². The van der Waals surface area contributed by atoms with E-state index in [1.807, 2.05) is 0 Å². The molecule has 0 aliphatic carbocycles. The van der Waals surface area contributed by atoms with Crippen molar-refractivity contribution >= 4 is 17.6 Å². The second-order valence-electron chi connectivity index (χ2n) is 4.85. The first kappa shape index (κ1) is 16.5. The van der Waals surface area contributed by atoms with E-state index in [0.29, 0.717) is 0 Å². The maximum Gasteiger partial charge on any atom is 0.340 e. The summed E-state index contributed by atoms with van der Waals surface area (Å²) in [6.07, 6.45) is 0.231.